The van der Waals surface area contributed by atoms with Gasteiger partial charge in [-0.05, 0) is 20.8 Å². The van der Waals surface area contributed by atoms with Gasteiger partial charge >= 0.3 is 36.9 Å². The summed E-state index contributed by atoms with van der Waals surface area (Å²) in [7, 11) is 0. The summed E-state index contributed by atoms with van der Waals surface area (Å²) >= 11 is 0. The van der Waals surface area contributed by atoms with Gasteiger partial charge < -0.3 is 35.2 Å². The van der Waals surface area contributed by atoms with Crippen molar-refractivity contribution >= 4 is 17.9 Å². The average Bonchev–Trinajstić information content (AvgIpc) is 1.54. The van der Waals surface area contributed by atoms with Gasteiger partial charge in [0.1, 0.15) is 0 Å². The molecule has 0 rings (SSSR count). The van der Waals surface area contributed by atoms with Crippen molar-refractivity contribution in [1.29, 1.82) is 0 Å². The second-order valence-electron chi connectivity index (χ2n) is 1.47. The molecule has 0 spiro atoms. The summed E-state index contributed by atoms with van der Waals surface area (Å²) in [5.74, 6) is -3.25. The monoisotopic (exact) mass is 370 g/mol. The van der Waals surface area contributed by atoms with E-state index in [9.17, 15) is 0 Å². The van der Waals surface area contributed by atoms with Crippen LogP contribution < -0.4 is 15.3 Å². The molecule has 14 heavy (non-hydrogen) atoms. The molecule has 7 nitrogen and oxygen atoms in total. The van der Waals surface area contributed by atoms with Crippen molar-refractivity contribution in [3.63, 3.8) is 0 Å². The van der Waals surface area contributed by atoms with Crippen LogP contribution >= 0.6 is 0 Å². The van der Waals surface area contributed by atoms with Crippen LogP contribution in [0, 0.1) is 36.9 Å². The zero-order chi connectivity index (χ0) is 10.7. The van der Waals surface area contributed by atoms with Gasteiger partial charge in [0, 0.05) is 17.9 Å². The molecule has 0 fully saturated rings. The number of carboxylic acid groups (broad SMARTS) is 3. The summed E-state index contributed by atoms with van der Waals surface area (Å²) in [5.41, 5.74) is 0. The van der Waals surface area contributed by atoms with Gasteiger partial charge in [-0.25, -0.2) is 0 Å². The molecule has 0 bridgehead atoms. The van der Waals surface area contributed by atoms with E-state index in [0.29, 0.717) is 0 Å². The molecule has 0 aliphatic heterocycles. The van der Waals surface area contributed by atoms with E-state index >= 15 is 0 Å². The molecule has 0 aliphatic carbocycles. The maximum atomic E-state index is 8.89. The quantitative estimate of drug-likeness (QED) is 0.419. The van der Waals surface area contributed by atoms with E-state index in [1.54, 1.807) is 0 Å². The van der Waals surface area contributed by atoms with E-state index < -0.39 is 17.9 Å². The normalized spacial score (nSPS) is 5.36. The zero-order valence-corrected chi connectivity index (χ0v) is 9.36. The van der Waals surface area contributed by atoms with Gasteiger partial charge in [0.15, 0.2) is 0 Å². The zero-order valence-electron chi connectivity index (χ0n) is 7.71. The Labute approximate surface area is 110 Å². The molecule has 0 saturated heterocycles. The third-order valence-electron chi connectivity index (χ3n) is 0. The van der Waals surface area contributed by atoms with Crippen molar-refractivity contribution in [3.05, 3.63) is 0 Å². The summed E-state index contributed by atoms with van der Waals surface area (Å²) in [6.45, 7) is 2.92. The fourth-order valence-corrected chi connectivity index (χ4v) is 0. The summed E-state index contributed by atoms with van der Waals surface area (Å²) in [5, 5.41) is 26.7. The molecule has 0 heterocycles. The van der Waals surface area contributed by atoms with E-state index in [2.05, 4.69) is 0 Å². The maximum absolute atomic E-state index is 8.89. The number of hydrogen-bond acceptors (Lipinski definition) is 6. The average molecular weight is 370 g/mol. The molecule has 92 valence electrons. The molecule has 8 heteroatoms. The Morgan fingerprint density at radius 2 is 0.714 bits per heavy atom. The Bertz CT molecular complexity index is 116. The van der Waals surface area contributed by atoms with Crippen molar-refractivity contribution < 1.29 is 72.1 Å². The van der Waals surface area contributed by atoms with Crippen LogP contribution in [0.25, 0.3) is 0 Å². The van der Waals surface area contributed by atoms with Gasteiger partial charge in [-0.1, -0.05) is 0 Å². The Morgan fingerprint density at radius 1 is 0.714 bits per heavy atom. The Balaban J connectivity index is -0.0000000270. The standard InChI is InChI=1S/3C2H4O2.Lu.H2O/c3*1-2(3)4;;/h3*1H3,(H,3,4);;1H2/q;;;+3;/p-3. The van der Waals surface area contributed by atoms with Gasteiger partial charge in [0.05, 0.1) is 0 Å². The number of carboxylic acids is 3. The van der Waals surface area contributed by atoms with Crippen molar-refractivity contribution in [1.82, 2.24) is 0 Å². The minimum absolute atomic E-state index is 0. The largest absolute Gasteiger partial charge is 3.00 e. The second-order valence-corrected chi connectivity index (χ2v) is 1.47. The van der Waals surface area contributed by atoms with Crippen molar-refractivity contribution in [2.24, 2.45) is 0 Å². The minimum atomic E-state index is -1.08. The first-order valence-corrected chi connectivity index (χ1v) is 2.72. The third-order valence-corrected chi connectivity index (χ3v) is 0. The molecular weight excluding hydrogens is 359 g/mol. The van der Waals surface area contributed by atoms with Gasteiger partial charge in [-0.15, -0.1) is 0 Å². The first kappa shape index (κ1) is 29.2. The van der Waals surface area contributed by atoms with Crippen molar-refractivity contribution in [2.75, 3.05) is 0 Å². The SMILES string of the molecule is CC(=O)[O-].CC(=O)[O-].CC(=O)[O-].O.[Lu+3]. The van der Waals surface area contributed by atoms with E-state index in [4.69, 9.17) is 29.7 Å². The summed E-state index contributed by atoms with van der Waals surface area (Å²) in [6.07, 6.45) is 0. The first-order valence-electron chi connectivity index (χ1n) is 2.72. The van der Waals surface area contributed by atoms with E-state index in [-0.39, 0.29) is 42.4 Å². The Morgan fingerprint density at radius 3 is 0.714 bits per heavy atom. The molecule has 0 atom stereocenters. The number of carbonyl (C=O) groups excluding carboxylic acids is 3. The van der Waals surface area contributed by atoms with E-state index in [1.807, 2.05) is 0 Å². The fraction of sp³-hybridized carbons (Fsp3) is 0.500. The van der Waals surface area contributed by atoms with E-state index in [1.165, 1.54) is 0 Å². The number of rotatable bonds is 0. The predicted octanol–water partition coefficient (Wildman–Crippen LogP) is -4.56. The molecule has 0 unspecified atom stereocenters. The molecule has 0 aliphatic rings. The smallest absolute Gasteiger partial charge is 0.550 e. The number of aliphatic carboxylic acids is 3. The van der Waals surface area contributed by atoms with Gasteiger partial charge in [0.2, 0.25) is 0 Å². The molecule has 0 radical (unpaired) electrons. The van der Waals surface area contributed by atoms with E-state index in [0.717, 1.165) is 20.8 Å². The van der Waals surface area contributed by atoms with Crippen LogP contribution in [-0.2, 0) is 14.4 Å². The fourth-order valence-electron chi connectivity index (χ4n) is 0. The molecule has 0 aromatic heterocycles. The van der Waals surface area contributed by atoms with Crippen molar-refractivity contribution in [3.8, 4) is 0 Å². The van der Waals surface area contributed by atoms with Crippen LogP contribution in [0.2, 0.25) is 0 Å². The van der Waals surface area contributed by atoms with Gasteiger partial charge in [0.25, 0.3) is 0 Å². The molecule has 0 aromatic rings. The topological polar surface area (TPSA) is 152 Å². The van der Waals surface area contributed by atoms with Crippen LogP contribution in [0.4, 0.5) is 0 Å². The first-order chi connectivity index (χ1) is 5.20. The van der Waals surface area contributed by atoms with Gasteiger partial charge in [-0.2, -0.15) is 0 Å². The third kappa shape index (κ3) is 8310. The van der Waals surface area contributed by atoms with Crippen LogP contribution in [0.1, 0.15) is 20.8 Å². The van der Waals surface area contributed by atoms with Crippen LogP contribution in [-0.4, -0.2) is 23.4 Å². The second kappa shape index (κ2) is 22.9. The minimum Gasteiger partial charge on any atom is -0.550 e. The predicted molar refractivity (Wildman–Crippen MR) is 35.7 cm³/mol. The molecule has 0 saturated carbocycles. The Kier molecular flexibility index (Phi) is 47.8. The summed E-state index contributed by atoms with van der Waals surface area (Å²) in [6, 6.07) is 0. The molecular formula is C6H11LuO7. The molecule has 0 amide bonds. The van der Waals surface area contributed by atoms with Crippen LogP contribution in [0.5, 0.6) is 0 Å². The Hall–Kier alpha value is -0.396. The number of hydrogen-bond donors (Lipinski definition) is 0. The summed E-state index contributed by atoms with van der Waals surface area (Å²) in [4.78, 5) is 26.7. The number of carbonyl (C=O) groups is 3. The molecule has 2 N–H and O–H groups in total. The van der Waals surface area contributed by atoms with Gasteiger partial charge in [-0.3, -0.25) is 0 Å². The molecule has 0 aromatic carbocycles. The van der Waals surface area contributed by atoms with Crippen LogP contribution in [0.3, 0.4) is 0 Å². The van der Waals surface area contributed by atoms with Crippen molar-refractivity contribution in [2.45, 2.75) is 20.8 Å². The van der Waals surface area contributed by atoms with Crippen LogP contribution in [0.15, 0.2) is 0 Å². The maximum Gasteiger partial charge on any atom is 3.00 e. The summed E-state index contributed by atoms with van der Waals surface area (Å²) < 4.78 is 0.